The van der Waals surface area contributed by atoms with E-state index in [0.29, 0.717) is 15.9 Å². The van der Waals surface area contributed by atoms with Gasteiger partial charge in [-0.15, -0.1) is 11.3 Å². The Morgan fingerprint density at radius 1 is 1.50 bits per heavy atom. The van der Waals surface area contributed by atoms with Crippen LogP contribution in [0.2, 0.25) is 0 Å². The summed E-state index contributed by atoms with van der Waals surface area (Å²) in [4.78, 5) is 5.59. The number of hydrogen-bond acceptors (Lipinski definition) is 3. The molecule has 104 valence electrons. The summed E-state index contributed by atoms with van der Waals surface area (Å²) >= 11 is 4.88. The van der Waals surface area contributed by atoms with Crippen LogP contribution in [0.15, 0.2) is 34.1 Å². The molecule has 2 heterocycles. The molecule has 6 heteroatoms. The highest BCUT2D eigenvalue weighted by Gasteiger charge is 2.16. The largest absolute Gasteiger partial charge is 0.369 e. The van der Waals surface area contributed by atoms with Crippen LogP contribution in [0.5, 0.6) is 0 Å². The lowest BCUT2D eigenvalue weighted by atomic mass is 10.2. The van der Waals surface area contributed by atoms with Crippen LogP contribution < -0.4 is 5.73 Å². The van der Waals surface area contributed by atoms with Crippen molar-refractivity contribution >= 4 is 44.2 Å². The van der Waals surface area contributed by atoms with E-state index in [1.807, 2.05) is 16.0 Å². The van der Waals surface area contributed by atoms with Crippen molar-refractivity contribution in [3.8, 4) is 0 Å². The van der Waals surface area contributed by atoms with Crippen LogP contribution >= 0.6 is 27.3 Å². The molecule has 0 radical (unpaired) electrons. The predicted octanol–water partition coefficient (Wildman–Crippen LogP) is 4.39. The monoisotopic (exact) mass is 353 g/mol. The number of anilines is 1. The van der Waals surface area contributed by atoms with E-state index in [4.69, 9.17) is 5.73 Å². The second kappa shape index (κ2) is 5.18. The van der Waals surface area contributed by atoms with E-state index in [1.165, 1.54) is 10.9 Å². The van der Waals surface area contributed by atoms with Gasteiger partial charge in [0.1, 0.15) is 5.82 Å². The zero-order valence-electron chi connectivity index (χ0n) is 10.8. The summed E-state index contributed by atoms with van der Waals surface area (Å²) in [5.74, 6) is 0.114. The van der Waals surface area contributed by atoms with Gasteiger partial charge >= 0.3 is 0 Å². The molecule has 0 amide bonds. The lowest BCUT2D eigenvalue weighted by Gasteiger charge is -2.15. The number of hydrogen-bond donors (Lipinski definition) is 1. The molecule has 0 spiro atoms. The maximum Gasteiger partial charge on any atom is 0.201 e. The maximum absolute atomic E-state index is 13.8. The lowest BCUT2D eigenvalue weighted by Crippen LogP contribution is -2.10. The van der Waals surface area contributed by atoms with Gasteiger partial charge in [-0.05, 0) is 40.4 Å². The Morgan fingerprint density at radius 3 is 3.00 bits per heavy atom. The zero-order valence-corrected chi connectivity index (χ0v) is 13.2. The summed E-state index contributed by atoms with van der Waals surface area (Å²) in [7, 11) is 0. The highest BCUT2D eigenvalue weighted by Crippen LogP contribution is 2.29. The van der Waals surface area contributed by atoms with E-state index < -0.39 is 0 Å². The molecular formula is C14H13BrFN3S. The molecule has 3 rings (SSSR count). The van der Waals surface area contributed by atoms with Crippen molar-refractivity contribution in [2.24, 2.45) is 0 Å². The SMILES string of the molecule is CC(Cc1cccs1)n1c(N)nc2cc(Br)c(F)cc21. The molecule has 0 aliphatic heterocycles. The molecule has 0 bridgehead atoms. The number of rotatable bonds is 3. The highest BCUT2D eigenvalue weighted by atomic mass is 79.9. The summed E-state index contributed by atoms with van der Waals surface area (Å²) in [5, 5.41) is 2.05. The number of halogens is 2. The first kappa shape index (κ1) is 13.6. The molecule has 0 saturated heterocycles. The minimum absolute atomic E-state index is 0.124. The smallest absolute Gasteiger partial charge is 0.201 e. The van der Waals surface area contributed by atoms with Gasteiger partial charge in [0.15, 0.2) is 0 Å². The number of nitrogen functional groups attached to an aromatic ring is 1. The first-order chi connectivity index (χ1) is 9.56. The van der Waals surface area contributed by atoms with Gasteiger partial charge in [0.25, 0.3) is 0 Å². The Labute approximate surface area is 128 Å². The van der Waals surface area contributed by atoms with Crippen molar-refractivity contribution in [3.63, 3.8) is 0 Å². The number of fused-ring (bicyclic) bond motifs is 1. The van der Waals surface area contributed by atoms with Gasteiger partial charge in [0.2, 0.25) is 5.95 Å². The van der Waals surface area contributed by atoms with E-state index in [-0.39, 0.29) is 11.9 Å². The summed E-state index contributed by atoms with van der Waals surface area (Å²) in [5.41, 5.74) is 7.43. The summed E-state index contributed by atoms with van der Waals surface area (Å²) in [6, 6.07) is 7.38. The number of nitrogens with zero attached hydrogens (tertiary/aromatic N) is 2. The zero-order chi connectivity index (χ0) is 14.3. The average molecular weight is 354 g/mol. The molecule has 0 aliphatic carbocycles. The third kappa shape index (κ3) is 2.33. The van der Waals surface area contributed by atoms with E-state index in [0.717, 1.165) is 11.9 Å². The fraction of sp³-hybridized carbons (Fsp3) is 0.214. The molecule has 0 saturated carbocycles. The molecule has 2 aromatic heterocycles. The molecule has 3 aromatic rings. The molecule has 2 N–H and O–H groups in total. The average Bonchev–Trinajstić information content (AvgIpc) is 2.97. The van der Waals surface area contributed by atoms with Crippen LogP contribution in [0.1, 0.15) is 17.8 Å². The van der Waals surface area contributed by atoms with Gasteiger partial charge in [0, 0.05) is 23.4 Å². The normalized spacial score (nSPS) is 12.9. The minimum atomic E-state index is -0.304. The Bertz CT molecular complexity index is 751. The maximum atomic E-state index is 13.8. The fourth-order valence-corrected chi connectivity index (χ4v) is 3.54. The molecular weight excluding hydrogens is 341 g/mol. The Morgan fingerprint density at radius 2 is 2.30 bits per heavy atom. The van der Waals surface area contributed by atoms with Crippen molar-refractivity contribution < 1.29 is 4.39 Å². The number of thiophene rings is 1. The van der Waals surface area contributed by atoms with Gasteiger partial charge in [0.05, 0.1) is 15.5 Å². The van der Waals surface area contributed by atoms with Gasteiger partial charge < -0.3 is 10.3 Å². The number of aromatic nitrogens is 2. The summed E-state index contributed by atoms with van der Waals surface area (Å²) in [6.45, 7) is 2.07. The van der Waals surface area contributed by atoms with Gasteiger partial charge in [-0.1, -0.05) is 6.07 Å². The Hall–Kier alpha value is -1.40. The van der Waals surface area contributed by atoms with Crippen LogP contribution in [-0.4, -0.2) is 9.55 Å². The Balaban J connectivity index is 2.06. The van der Waals surface area contributed by atoms with Crippen LogP contribution in [0.4, 0.5) is 10.3 Å². The first-order valence-electron chi connectivity index (χ1n) is 6.21. The van der Waals surface area contributed by atoms with Crippen LogP contribution in [0.25, 0.3) is 11.0 Å². The van der Waals surface area contributed by atoms with Gasteiger partial charge in [-0.2, -0.15) is 0 Å². The molecule has 20 heavy (non-hydrogen) atoms. The minimum Gasteiger partial charge on any atom is -0.369 e. The molecule has 1 aromatic carbocycles. The van der Waals surface area contributed by atoms with Crippen molar-refractivity contribution in [1.82, 2.24) is 9.55 Å². The summed E-state index contributed by atoms with van der Waals surface area (Å²) < 4.78 is 16.0. The van der Waals surface area contributed by atoms with Crippen LogP contribution in [0, 0.1) is 5.82 Å². The summed E-state index contributed by atoms with van der Waals surface area (Å²) in [6.07, 6.45) is 0.852. The third-order valence-corrected chi connectivity index (χ3v) is 4.78. The van der Waals surface area contributed by atoms with Crippen LogP contribution in [0.3, 0.4) is 0 Å². The van der Waals surface area contributed by atoms with Crippen molar-refractivity contribution in [2.75, 3.05) is 5.73 Å². The van der Waals surface area contributed by atoms with Gasteiger partial charge in [-0.25, -0.2) is 9.37 Å². The first-order valence-corrected chi connectivity index (χ1v) is 7.88. The van der Waals surface area contributed by atoms with E-state index in [9.17, 15) is 4.39 Å². The molecule has 1 atom stereocenters. The number of nitrogens with two attached hydrogens (primary N) is 1. The van der Waals surface area contributed by atoms with E-state index in [1.54, 1.807) is 17.4 Å². The van der Waals surface area contributed by atoms with Gasteiger partial charge in [-0.3, -0.25) is 0 Å². The van der Waals surface area contributed by atoms with Crippen molar-refractivity contribution in [1.29, 1.82) is 0 Å². The molecule has 1 unspecified atom stereocenters. The standard InChI is InChI=1S/C14H13BrFN3S/c1-8(5-9-3-2-4-20-9)19-13-7-11(16)10(15)6-12(13)18-14(19)17/h2-4,6-8H,5H2,1H3,(H2,17,18). The molecule has 0 aliphatic rings. The predicted molar refractivity (Wildman–Crippen MR) is 84.5 cm³/mol. The second-order valence-corrected chi connectivity index (χ2v) is 6.61. The Kier molecular flexibility index (Phi) is 3.52. The third-order valence-electron chi connectivity index (χ3n) is 3.28. The lowest BCUT2D eigenvalue weighted by molar-refractivity contribution is 0.568. The van der Waals surface area contributed by atoms with Crippen molar-refractivity contribution in [3.05, 3.63) is 44.8 Å². The second-order valence-electron chi connectivity index (χ2n) is 4.73. The number of benzene rings is 1. The fourth-order valence-electron chi connectivity index (χ4n) is 2.38. The highest BCUT2D eigenvalue weighted by molar-refractivity contribution is 9.10. The topological polar surface area (TPSA) is 43.8 Å². The molecule has 3 nitrogen and oxygen atoms in total. The van der Waals surface area contributed by atoms with Crippen molar-refractivity contribution in [2.45, 2.75) is 19.4 Å². The van der Waals surface area contributed by atoms with E-state index >= 15 is 0 Å². The quantitative estimate of drug-likeness (QED) is 0.758. The van der Waals surface area contributed by atoms with E-state index in [2.05, 4.69) is 33.9 Å². The number of imidazole rings is 1. The van der Waals surface area contributed by atoms with Crippen LogP contribution in [-0.2, 0) is 6.42 Å². The molecule has 0 fully saturated rings.